The number of aromatic amines is 1. The van der Waals surface area contributed by atoms with Gasteiger partial charge in [-0.2, -0.15) is 0 Å². The van der Waals surface area contributed by atoms with Crippen LogP contribution in [0.25, 0.3) is 11.3 Å². The van der Waals surface area contributed by atoms with E-state index in [0.29, 0.717) is 11.6 Å². The molecule has 0 aliphatic heterocycles. The Bertz CT molecular complexity index is 578. The van der Waals surface area contributed by atoms with E-state index in [9.17, 15) is 0 Å². The third-order valence-electron chi connectivity index (χ3n) is 2.83. The standard InChI is InChI=1S/C13H16ClN3O/c1-7-4-9(14)5-10(13(7)18-3)12-8(2)16-11(6-15)17-12/h4-5H,6,15H2,1-3H3,(H,16,17). The fourth-order valence-corrected chi connectivity index (χ4v) is 2.33. The molecule has 0 saturated heterocycles. The molecule has 0 spiro atoms. The summed E-state index contributed by atoms with van der Waals surface area (Å²) in [5.74, 6) is 1.54. The highest BCUT2D eigenvalue weighted by Gasteiger charge is 2.15. The first-order valence-electron chi connectivity index (χ1n) is 5.67. The van der Waals surface area contributed by atoms with E-state index in [1.807, 2.05) is 26.0 Å². The lowest BCUT2D eigenvalue weighted by Crippen LogP contribution is -1.98. The molecule has 0 fully saturated rings. The average Bonchev–Trinajstić information content (AvgIpc) is 2.69. The van der Waals surface area contributed by atoms with Crippen molar-refractivity contribution in [1.82, 2.24) is 9.97 Å². The summed E-state index contributed by atoms with van der Waals surface area (Å²) >= 11 is 6.10. The van der Waals surface area contributed by atoms with Crippen molar-refractivity contribution in [1.29, 1.82) is 0 Å². The van der Waals surface area contributed by atoms with Crippen molar-refractivity contribution in [2.45, 2.75) is 20.4 Å². The van der Waals surface area contributed by atoms with Gasteiger partial charge in [-0.3, -0.25) is 0 Å². The fraction of sp³-hybridized carbons (Fsp3) is 0.308. The molecule has 0 atom stereocenters. The minimum absolute atomic E-state index is 0.378. The van der Waals surface area contributed by atoms with Crippen molar-refractivity contribution < 1.29 is 4.74 Å². The van der Waals surface area contributed by atoms with Gasteiger partial charge in [0, 0.05) is 16.3 Å². The summed E-state index contributed by atoms with van der Waals surface area (Å²) < 4.78 is 5.44. The van der Waals surface area contributed by atoms with Gasteiger partial charge in [0.25, 0.3) is 0 Å². The quantitative estimate of drug-likeness (QED) is 0.897. The second-order valence-corrected chi connectivity index (χ2v) is 4.60. The van der Waals surface area contributed by atoms with Crippen molar-refractivity contribution in [3.63, 3.8) is 0 Å². The van der Waals surface area contributed by atoms with Gasteiger partial charge in [0.2, 0.25) is 0 Å². The molecule has 1 aromatic carbocycles. The Morgan fingerprint density at radius 1 is 1.39 bits per heavy atom. The maximum Gasteiger partial charge on any atom is 0.131 e. The SMILES string of the molecule is COc1c(C)cc(Cl)cc1-c1nc(CN)[nH]c1C. The molecule has 0 amide bonds. The first kappa shape index (κ1) is 12.9. The summed E-state index contributed by atoms with van der Waals surface area (Å²) in [6.45, 7) is 4.29. The van der Waals surface area contributed by atoms with Crippen LogP contribution in [0.15, 0.2) is 12.1 Å². The minimum Gasteiger partial charge on any atom is -0.496 e. The molecule has 0 aliphatic carbocycles. The number of benzene rings is 1. The number of hydrogen-bond donors (Lipinski definition) is 2. The van der Waals surface area contributed by atoms with Crippen LogP contribution >= 0.6 is 11.6 Å². The molecule has 2 aromatic rings. The lowest BCUT2D eigenvalue weighted by atomic mass is 10.1. The molecule has 2 rings (SSSR count). The van der Waals surface area contributed by atoms with Crippen LogP contribution in [0.2, 0.25) is 5.02 Å². The molecule has 5 heteroatoms. The van der Waals surface area contributed by atoms with E-state index in [1.165, 1.54) is 0 Å². The van der Waals surface area contributed by atoms with Gasteiger partial charge >= 0.3 is 0 Å². The zero-order chi connectivity index (χ0) is 13.3. The molecule has 0 saturated carbocycles. The second-order valence-electron chi connectivity index (χ2n) is 4.16. The molecule has 96 valence electrons. The van der Waals surface area contributed by atoms with Crippen LogP contribution in [0.3, 0.4) is 0 Å². The first-order chi connectivity index (χ1) is 8.56. The minimum atomic E-state index is 0.378. The Kier molecular flexibility index (Phi) is 3.59. The Morgan fingerprint density at radius 2 is 2.11 bits per heavy atom. The van der Waals surface area contributed by atoms with Crippen molar-refractivity contribution in [3.05, 3.63) is 34.2 Å². The highest BCUT2D eigenvalue weighted by Crippen LogP contribution is 2.36. The third-order valence-corrected chi connectivity index (χ3v) is 3.04. The van der Waals surface area contributed by atoms with Crippen LogP contribution in [0.4, 0.5) is 0 Å². The predicted molar refractivity (Wildman–Crippen MR) is 73.0 cm³/mol. The summed E-state index contributed by atoms with van der Waals surface area (Å²) in [4.78, 5) is 7.62. The van der Waals surface area contributed by atoms with Crippen LogP contribution in [0, 0.1) is 13.8 Å². The molecular weight excluding hydrogens is 250 g/mol. The van der Waals surface area contributed by atoms with Crippen LogP contribution in [0.1, 0.15) is 17.1 Å². The zero-order valence-corrected chi connectivity index (χ0v) is 11.4. The fourth-order valence-electron chi connectivity index (χ4n) is 2.06. The number of aryl methyl sites for hydroxylation is 2. The number of methoxy groups -OCH3 is 1. The number of ether oxygens (including phenoxy) is 1. The number of rotatable bonds is 3. The normalized spacial score (nSPS) is 10.7. The maximum atomic E-state index is 6.10. The molecule has 0 unspecified atom stereocenters. The summed E-state index contributed by atoms with van der Waals surface area (Å²) in [6.07, 6.45) is 0. The lowest BCUT2D eigenvalue weighted by molar-refractivity contribution is 0.413. The molecule has 18 heavy (non-hydrogen) atoms. The van der Waals surface area contributed by atoms with Gasteiger partial charge in [-0.25, -0.2) is 4.98 Å². The number of halogens is 1. The molecule has 0 aliphatic rings. The smallest absolute Gasteiger partial charge is 0.131 e. The topological polar surface area (TPSA) is 63.9 Å². The van der Waals surface area contributed by atoms with Crippen LogP contribution in [-0.2, 0) is 6.54 Å². The molecule has 4 nitrogen and oxygen atoms in total. The Balaban J connectivity index is 2.65. The number of nitrogens with zero attached hydrogens (tertiary/aromatic N) is 1. The number of aromatic nitrogens is 2. The maximum absolute atomic E-state index is 6.10. The number of H-pyrrole nitrogens is 1. The number of nitrogens with two attached hydrogens (primary N) is 1. The van der Waals surface area contributed by atoms with E-state index in [-0.39, 0.29) is 0 Å². The van der Waals surface area contributed by atoms with E-state index >= 15 is 0 Å². The molecular formula is C13H16ClN3O. The van der Waals surface area contributed by atoms with Gasteiger partial charge in [0.05, 0.1) is 19.3 Å². The molecule has 0 bridgehead atoms. The summed E-state index contributed by atoms with van der Waals surface area (Å²) in [7, 11) is 1.64. The monoisotopic (exact) mass is 265 g/mol. The summed E-state index contributed by atoms with van der Waals surface area (Å²) in [5.41, 5.74) is 9.24. The van der Waals surface area contributed by atoms with E-state index in [2.05, 4.69) is 9.97 Å². The van der Waals surface area contributed by atoms with Gasteiger partial charge in [-0.15, -0.1) is 0 Å². The average molecular weight is 266 g/mol. The highest BCUT2D eigenvalue weighted by atomic mass is 35.5. The van der Waals surface area contributed by atoms with Gasteiger partial charge in [-0.1, -0.05) is 11.6 Å². The summed E-state index contributed by atoms with van der Waals surface area (Å²) in [6, 6.07) is 3.73. The summed E-state index contributed by atoms with van der Waals surface area (Å²) in [5, 5.41) is 0.667. The first-order valence-corrected chi connectivity index (χ1v) is 6.04. The van der Waals surface area contributed by atoms with Crippen molar-refractivity contribution in [2.24, 2.45) is 5.73 Å². The second kappa shape index (κ2) is 5.00. The number of hydrogen-bond acceptors (Lipinski definition) is 3. The Morgan fingerprint density at radius 3 is 2.67 bits per heavy atom. The van der Waals surface area contributed by atoms with Crippen molar-refractivity contribution in [2.75, 3.05) is 7.11 Å². The molecule has 3 N–H and O–H groups in total. The van der Waals surface area contributed by atoms with Crippen molar-refractivity contribution in [3.8, 4) is 17.0 Å². The van der Waals surface area contributed by atoms with Gasteiger partial charge in [0.1, 0.15) is 11.6 Å². The number of nitrogens with one attached hydrogen (secondary N) is 1. The zero-order valence-electron chi connectivity index (χ0n) is 10.7. The van der Waals surface area contributed by atoms with E-state index in [0.717, 1.165) is 34.1 Å². The van der Waals surface area contributed by atoms with Crippen LogP contribution < -0.4 is 10.5 Å². The van der Waals surface area contributed by atoms with E-state index in [4.69, 9.17) is 22.1 Å². The lowest BCUT2D eigenvalue weighted by Gasteiger charge is -2.11. The molecule has 1 heterocycles. The highest BCUT2D eigenvalue weighted by molar-refractivity contribution is 6.31. The van der Waals surface area contributed by atoms with Gasteiger partial charge < -0.3 is 15.5 Å². The number of imidazole rings is 1. The largest absolute Gasteiger partial charge is 0.496 e. The van der Waals surface area contributed by atoms with Crippen LogP contribution in [-0.4, -0.2) is 17.1 Å². The van der Waals surface area contributed by atoms with E-state index < -0.39 is 0 Å². The van der Waals surface area contributed by atoms with Gasteiger partial charge in [0.15, 0.2) is 0 Å². The predicted octanol–water partition coefficient (Wildman–Crippen LogP) is 2.81. The molecule has 0 radical (unpaired) electrons. The Labute approximate surface area is 111 Å². The van der Waals surface area contributed by atoms with E-state index in [1.54, 1.807) is 7.11 Å². The molecule has 1 aromatic heterocycles. The third kappa shape index (κ3) is 2.21. The van der Waals surface area contributed by atoms with Crippen LogP contribution in [0.5, 0.6) is 5.75 Å². The van der Waals surface area contributed by atoms with Crippen molar-refractivity contribution >= 4 is 11.6 Å². The van der Waals surface area contributed by atoms with Gasteiger partial charge in [-0.05, 0) is 31.5 Å². The Hall–Kier alpha value is -1.52.